The molecule has 3 N–H and O–H groups in total. The lowest BCUT2D eigenvalue weighted by Gasteiger charge is -2.08. The van der Waals surface area contributed by atoms with Gasteiger partial charge in [0.15, 0.2) is 5.82 Å². The van der Waals surface area contributed by atoms with Crippen LogP contribution in [-0.2, 0) is 11.3 Å². The summed E-state index contributed by atoms with van der Waals surface area (Å²) in [7, 11) is 1.56. The van der Waals surface area contributed by atoms with Gasteiger partial charge in [-0.3, -0.25) is 4.98 Å². The first-order valence-corrected chi connectivity index (χ1v) is 5.23. The van der Waals surface area contributed by atoms with E-state index >= 15 is 0 Å². The maximum Gasteiger partial charge on any atom is 0.224 e. The van der Waals surface area contributed by atoms with Crippen molar-refractivity contribution in [1.29, 1.82) is 0 Å². The van der Waals surface area contributed by atoms with Crippen molar-refractivity contribution in [2.75, 3.05) is 12.5 Å². The van der Waals surface area contributed by atoms with E-state index in [-0.39, 0.29) is 6.61 Å². The van der Waals surface area contributed by atoms with E-state index in [0.717, 1.165) is 0 Å². The monoisotopic (exact) mass is 247 g/mol. The van der Waals surface area contributed by atoms with Crippen molar-refractivity contribution >= 4 is 5.82 Å². The van der Waals surface area contributed by atoms with Gasteiger partial charge in [0.05, 0.1) is 6.20 Å². The largest absolute Gasteiger partial charge is 0.437 e. The Balaban J connectivity index is 2.24. The highest BCUT2D eigenvalue weighted by Gasteiger charge is 2.06. The van der Waals surface area contributed by atoms with E-state index in [1.54, 1.807) is 37.7 Å². The number of hydrazine groups is 1. The molecule has 0 spiro atoms. The van der Waals surface area contributed by atoms with Gasteiger partial charge in [-0.25, -0.2) is 10.8 Å². The summed E-state index contributed by atoms with van der Waals surface area (Å²) in [6.07, 6.45) is 3.25. The van der Waals surface area contributed by atoms with Crippen molar-refractivity contribution in [3.8, 4) is 11.6 Å². The minimum atomic E-state index is 0.277. The molecule has 7 heteroatoms. The van der Waals surface area contributed by atoms with Crippen LogP contribution in [0.2, 0.25) is 0 Å². The lowest BCUT2D eigenvalue weighted by atomic mass is 10.4. The van der Waals surface area contributed by atoms with Gasteiger partial charge in [-0.15, -0.1) is 0 Å². The molecule has 0 bridgehead atoms. The molecule has 0 saturated carbocycles. The number of pyridine rings is 1. The van der Waals surface area contributed by atoms with Crippen LogP contribution in [0.1, 0.15) is 5.82 Å². The van der Waals surface area contributed by atoms with Gasteiger partial charge in [-0.2, -0.15) is 4.98 Å². The number of nitrogens with zero attached hydrogens (tertiary/aromatic N) is 3. The molecule has 0 saturated heterocycles. The number of nitrogens with one attached hydrogen (secondary N) is 1. The molecular weight excluding hydrogens is 234 g/mol. The molecule has 2 aromatic heterocycles. The van der Waals surface area contributed by atoms with Crippen molar-refractivity contribution in [3.63, 3.8) is 0 Å². The zero-order valence-electron chi connectivity index (χ0n) is 9.83. The Kier molecular flexibility index (Phi) is 4.00. The molecule has 0 radical (unpaired) electrons. The zero-order chi connectivity index (χ0) is 12.8. The second-order valence-corrected chi connectivity index (χ2v) is 3.38. The Labute approximate surface area is 104 Å². The minimum Gasteiger partial charge on any atom is -0.437 e. The van der Waals surface area contributed by atoms with Crippen molar-refractivity contribution in [3.05, 3.63) is 36.4 Å². The lowest BCUT2D eigenvalue weighted by molar-refractivity contribution is 0.177. The number of aromatic nitrogens is 3. The Hall–Kier alpha value is -2.25. The molecule has 0 fully saturated rings. The average molecular weight is 247 g/mol. The van der Waals surface area contributed by atoms with E-state index in [2.05, 4.69) is 20.4 Å². The normalized spacial score (nSPS) is 10.1. The fourth-order valence-electron chi connectivity index (χ4n) is 1.32. The van der Waals surface area contributed by atoms with Crippen LogP contribution in [0.5, 0.6) is 11.6 Å². The van der Waals surface area contributed by atoms with Crippen LogP contribution < -0.4 is 16.0 Å². The fraction of sp³-hybridized carbons (Fsp3) is 0.182. The maximum atomic E-state index is 5.54. The molecule has 2 rings (SSSR count). The molecule has 0 aliphatic heterocycles. The second-order valence-electron chi connectivity index (χ2n) is 3.38. The van der Waals surface area contributed by atoms with Crippen molar-refractivity contribution in [2.24, 2.45) is 5.84 Å². The van der Waals surface area contributed by atoms with Gasteiger partial charge >= 0.3 is 0 Å². The molecule has 2 aromatic rings. The Bertz CT molecular complexity index is 506. The van der Waals surface area contributed by atoms with E-state index in [0.29, 0.717) is 23.3 Å². The molecule has 0 aromatic carbocycles. The molecule has 0 unspecified atom stereocenters. The van der Waals surface area contributed by atoms with E-state index in [9.17, 15) is 0 Å². The van der Waals surface area contributed by atoms with Crippen LogP contribution in [-0.4, -0.2) is 22.1 Å². The van der Waals surface area contributed by atoms with Crippen LogP contribution in [0.25, 0.3) is 0 Å². The van der Waals surface area contributed by atoms with Gasteiger partial charge in [0.1, 0.15) is 18.2 Å². The number of hydrogen-bond acceptors (Lipinski definition) is 7. The Morgan fingerprint density at radius 2 is 2.28 bits per heavy atom. The van der Waals surface area contributed by atoms with E-state index < -0.39 is 0 Å². The number of nitrogen functional groups attached to an aromatic ring is 1. The Morgan fingerprint density at radius 3 is 2.94 bits per heavy atom. The van der Waals surface area contributed by atoms with Gasteiger partial charge in [0.2, 0.25) is 5.88 Å². The van der Waals surface area contributed by atoms with E-state index in [1.165, 1.54) is 0 Å². The number of nitrogens with two attached hydrogens (primary N) is 1. The standard InChI is InChI=1S/C11H13N5O2/c1-17-7-10-14-9(16-12)5-11(15-10)18-8-3-2-4-13-6-8/h2-6H,7,12H2,1H3,(H,14,15,16). The zero-order valence-corrected chi connectivity index (χ0v) is 9.83. The number of rotatable bonds is 5. The summed E-state index contributed by atoms with van der Waals surface area (Å²) in [4.78, 5) is 12.2. The molecule has 2 heterocycles. The predicted octanol–water partition coefficient (Wildman–Crippen LogP) is 1.10. The number of anilines is 1. The molecule has 18 heavy (non-hydrogen) atoms. The van der Waals surface area contributed by atoms with Crippen molar-refractivity contribution in [1.82, 2.24) is 15.0 Å². The molecular formula is C11H13N5O2. The third-order valence-corrected chi connectivity index (χ3v) is 2.03. The first kappa shape index (κ1) is 12.2. The van der Waals surface area contributed by atoms with Gasteiger partial charge in [0.25, 0.3) is 0 Å². The van der Waals surface area contributed by atoms with Crippen molar-refractivity contribution in [2.45, 2.75) is 6.61 Å². The van der Waals surface area contributed by atoms with Crippen LogP contribution in [0.15, 0.2) is 30.6 Å². The highest BCUT2D eigenvalue weighted by atomic mass is 16.5. The van der Waals surface area contributed by atoms with Crippen LogP contribution in [0, 0.1) is 0 Å². The summed E-state index contributed by atoms with van der Waals surface area (Å²) >= 11 is 0. The van der Waals surface area contributed by atoms with E-state index in [1.807, 2.05) is 0 Å². The summed E-state index contributed by atoms with van der Waals surface area (Å²) in [5, 5.41) is 0. The molecule has 0 aliphatic carbocycles. The molecule has 0 atom stereocenters. The van der Waals surface area contributed by atoms with Gasteiger partial charge in [-0.05, 0) is 12.1 Å². The number of hydrogen-bond donors (Lipinski definition) is 2. The summed E-state index contributed by atoms with van der Waals surface area (Å²) in [6, 6.07) is 5.14. The third kappa shape index (κ3) is 3.12. The SMILES string of the molecule is COCc1nc(NN)cc(Oc2cccnc2)n1. The van der Waals surface area contributed by atoms with Gasteiger partial charge in [0, 0.05) is 19.4 Å². The van der Waals surface area contributed by atoms with Crippen LogP contribution >= 0.6 is 0 Å². The lowest BCUT2D eigenvalue weighted by Crippen LogP contribution is -2.11. The summed E-state index contributed by atoms with van der Waals surface area (Å²) in [6.45, 7) is 0.277. The second kappa shape index (κ2) is 5.89. The van der Waals surface area contributed by atoms with E-state index in [4.69, 9.17) is 15.3 Å². The number of methoxy groups -OCH3 is 1. The topological polar surface area (TPSA) is 95.2 Å². The first-order chi connectivity index (χ1) is 8.81. The van der Waals surface area contributed by atoms with Crippen molar-refractivity contribution < 1.29 is 9.47 Å². The quantitative estimate of drug-likeness (QED) is 0.603. The minimum absolute atomic E-state index is 0.277. The molecule has 94 valence electrons. The highest BCUT2D eigenvalue weighted by Crippen LogP contribution is 2.20. The first-order valence-electron chi connectivity index (χ1n) is 5.23. The summed E-state index contributed by atoms with van der Waals surface area (Å²) in [5.41, 5.74) is 2.45. The van der Waals surface area contributed by atoms with Gasteiger partial charge < -0.3 is 14.9 Å². The maximum absolute atomic E-state index is 5.54. The third-order valence-electron chi connectivity index (χ3n) is 2.03. The Morgan fingerprint density at radius 1 is 1.39 bits per heavy atom. The molecule has 0 aliphatic rings. The molecule has 0 amide bonds. The fourth-order valence-corrected chi connectivity index (χ4v) is 1.32. The number of ether oxygens (including phenoxy) is 2. The predicted molar refractivity (Wildman–Crippen MR) is 64.9 cm³/mol. The highest BCUT2D eigenvalue weighted by molar-refractivity contribution is 5.38. The smallest absolute Gasteiger partial charge is 0.224 e. The molecule has 7 nitrogen and oxygen atoms in total. The summed E-state index contributed by atoms with van der Waals surface area (Å²) < 4.78 is 10.5. The van der Waals surface area contributed by atoms with Crippen LogP contribution in [0.4, 0.5) is 5.82 Å². The average Bonchev–Trinajstić information content (AvgIpc) is 2.40. The van der Waals surface area contributed by atoms with Gasteiger partial charge in [-0.1, -0.05) is 0 Å². The summed E-state index contributed by atoms with van der Waals surface area (Å²) in [5.74, 6) is 7.22. The van der Waals surface area contributed by atoms with Crippen LogP contribution in [0.3, 0.4) is 0 Å².